The third kappa shape index (κ3) is 1.77. The van der Waals surface area contributed by atoms with E-state index in [1.165, 1.54) is 17.4 Å². The molecule has 0 saturated carbocycles. The van der Waals surface area contributed by atoms with Gasteiger partial charge in [0.05, 0.1) is 31.6 Å². The van der Waals surface area contributed by atoms with E-state index < -0.39 is 0 Å². The average Bonchev–Trinajstić information content (AvgIpc) is 2.85. The molecule has 86 valence electrons. The van der Waals surface area contributed by atoms with E-state index >= 15 is 0 Å². The van der Waals surface area contributed by atoms with Crippen LogP contribution in [-0.2, 0) is 0 Å². The summed E-state index contributed by atoms with van der Waals surface area (Å²) in [5.41, 5.74) is 4.12. The van der Waals surface area contributed by atoms with Crippen LogP contribution in [0.15, 0.2) is 22.1 Å². The molecule has 0 spiro atoms. The maximum Gasteiger partial charge on any atom is 0.150 e. The van der Waals surface area contributed by atoms with Gasteiger partial charge in [-0.3, -0.25) is 0 Å². The van der Waals surface area contributed by atoms with Gasteiger partial charge in [-0.2, -0.15) is 0 Å². The molecule has 2 heterocycles. The van der Waals surface area contributed by atoms with Gasteiger partial charge in [0.25, 0.3) is 0 Å². The van der Waals surface area contributed by atoms with E-state index in [2.05, 4.69) is 30.9 Å². The van der Waals surface area contributed by atoms with Gasteiger partial charge in [0.1, 0.15) is 5.82 Å². The Balaban J connectivity index is 2.24. The zero-order chi connectivity index (χ0) is 12.0. The minimum Gasteiger partial charge on any atom is -0.337 e. The first kappa shape index (κ1) is 10.9. The van der Waals surface area contributed by atoms with Gasteiger partial charge in [0.15, 0.2) is 5.82 Å². The summed E-state index contributed by atoms with van der Waals surface area (Å²) in [6.45, 7) is 1.93. The van der Waals surface area contributed by atoms with E-state index in [4.69, 9.17) is 0 Å². The topological polar surface area (TPSA) is 41.6 Å². The highest BCUT2D eigenvalue weighted by Gasteiger charge is 2.11. The first-order valence-corrected chi connectivity index (χ1v) is 6.57. The molecular formula is C11H7BrFN3S. The quantitative estimate of drug-likeness (QED) is 0.740. The third-order valence-corrected chi connectivity index (χ3v) is 4.03. The highest BCUT2D eigenvalue weighted by atomic mass is 79.9. The molecule has 17 heavy (non-hydrogen) atoms. The Morgan fingerprint density at radius 2 is 2.24 bits per heavy atom. The maximum atomic E-state index is 13.4. The molecule has 3 aromatic rings. The molecule has 0 saturated heterocycles. The fourth-order valence-corrected chi connectivity index (χ4v) is 2.72. The van der Waals surface area contributed by atoms with Crippen LogP contribution in [0.5, 0.6) is 0 Å². The molecule has 1 N–H and O–H groups in total. The molecule has 1 aromatic carbocycles. The highest BCUT2D eigenvalue weighted by molar-refractivity contribution is 9.10. The van der Waals surface area contributed by atoms with Crippen molar-refractivity contribution in [3.63, 3.8) is 0 Å². The Labute approximate surface area is 109 Å². The molecule has 0 bridgehead atoms. The zero-order valence-electron chi connectivity index (χ0n) is 8.79. The highest BCUT2D eigenvalue weighted by Crippen LogP contribution is 2.28. The Morgan fingerprint density at radius 1 is 1.41 bits per heavy atom. The van der Waals surface area contributed by atoms with Crippen molar-refractivity contribution < 1.29 is 4.39 Å². The number of nitrogens with one attached hydrogen (secondary N) is 1. The number of benzene rings is 1. The maximum absolute atomic E-state index is 13.4. The standard InChI is InChI=1S/C11H7BrFN3S/c1-5-10(17-4-14-5)11-15-8-2-6(12)7(13)3-9(8)16-11/h2-4H,1H3,(H,15,16). The van der Waals surface area contributed by atoms with Crippen molar-refractivity contribution >= 4 is 38.3 Å². The number of rotatable bonds is 1. The summed E-state index contributed by atoms with van der Waals surface area (Å²) in [6.07, 6.45) is 0. The van der Waals surface area contributed by atoms with E-state index in [-0.39, 0.29) is 5.82 Å². The number of hydrogen-bond donors (Lipinski definition) is 1. The predicted octanol–water partition coefficient (Wildman–Crippen LogP) is 3.90. The Morgan fingerprint density at radius 3 is 2.94 bits per heavy atom. The Hall–Kier alpha value is -1.27. The summed E-state index contributed by atoms with van der Waals surface area (Å²) in [6, 6.07) is 3.10. The molecule has 0 aliphatic heterocycles. The molecule has 3 nitrogen and oxygen atoms in total. The van der Waals surface area contributed by atoms with Crippen molar-refractivity contribution in [2.24, 2.45) is 0 Å². The van der Waals surface area contributed by atoms with Crippen molar-refractivity contribution in [3.05, 3.63) is 33.6 Å². The lowest BCUT2D eigenvalue weighted by atomic mass is 10.3. The summed E-state index contributed by atoms with van der Waals surface area (Å²) in [5.74, 6) is 0.436. The molecular weight excluding hydrogens is 305 g/mol. The van der Waals surface area contributed by atoms with Gasteiger partial charge >= 0.3 is 0 Å². The molecule has 0 radical (unpaired) electrons. The second-order valence-electron chi connectivity index (χ2n) is 3.64. The second kappa shape index (κ2) is 3.89. The number of thiazole rings is 1. The Bertz CT molecular complexity index is 665. The molecule has 0 aliphatic rings. The van der Waals surface area contributed by atoms with E-state index in [0.717, 1.165) is 21.9 Å². The number of halogens is 2. The Kier molecular flexibility index (Phi) is 2.48. The number of fused-ring (bicyclic) bond motifs is 1. The minimum atomic E-state index is -0.297. The first-order valence-electron chi connectivity index (χ1n) is 4.90. The molecule has 3 rings (SSSR count). The van der Waals surface area contributed by atoms with Gasteiger partial charge in [-0.15, -0.1) is 11.3 Å². The lowest BCUT2D eigenvalue weighted by Crippen LogP contribution is -1.79. The van der Waals surface area contributed by atoms with Gasteiger partial charge in [-0.05, 0) is 28.9 Å². The van der Waals surface area contributed by atoms with Crippen LogP contribution in [0.25, 0.3) is 21.7 Å². The summed E-state index contributed by atoms with van der Waals surface area (Å²) >= 11 is 4.67. The van der Waals surface area contributed by atoms with Gasteiger partial charge < -0.3 is 4.98 Å². The summed E-state index contributed by atoms with van der Waals surface area (Å²) in [7, 11) is 0. The average molecular weight is 312 g/mol. The largest absolute Gasteiger partial charge is 0.337 e. The van der Waals surface area contributed by atoms with E-state index in [1.54, 1.807) is 11.6 Å². The second-order valence-corrected chi connectivity index (χ2v) is 5.34. The number of aryl methyl sites for hydroxylation is 1. The van der Waals surface area contributed by atoms with Crippen LogP contribution in [0, 0.1) is 12.7 Å². The smallest absolute Gasteiger partial charge is 0.150 e. The van der Waals surface area contributed by atoms with Crippen LogP contribution in [-0.4, -0.2) is 15.0 Å². The van der Waals surface area contributed by atoms with Gasteiger partial charge in [-0.25, -0.2) is 14.4 Å². The zero-order valence-corrected chi connectivity index (χ0v) is 11.2. The number of nitrogens with zero attached hydrogens (tertiary/aromatic N) is 2. The minimum absolute atomic E-state index is 0.297. The van der Waals surface area contributed by atoms with Crippen molar-refractivity contribution in [2.45, 2.75) is 6.92 Å². The van der Waals surface area contributed by atoms with Crippen LogP contribution < -0.4 is 0 Å². The summed E-state index contributed by atoms with van der Waals surface area (Å²) < 4.78 is 13.8. The van der Waals surface area contributed by atoms with Crippen LogP contribution in [0.1, 0.15) is 5.69 Å². The summed E-state index contributed by atoms with van der Waals surface area (Å²) in [4.78, 5) is 12.7. The number of H-pyrrole nitrogens is 1. The lowest BCUT2D eigenvalue weighted by molar-refractivity contribution is 0.623. The van der Waals surface area contributed by atoms with Crippen LogP contribution >= 0.6 is 27.3 Å². The van der Waals surface area contributed by atoms with Crippen LogP contribution in [0.3, 0.4) is 0 Å². The molecule has 0 atom stereocenters. The number of imidazole rings is 1. The van der Waals surface area contributed by atoms with E-state index in [0.29, 0.717) is 9.99 Å². The molecule has 0 unspecified atom stereocenters. The van der Waals surface area contributed by atoms with Gasteiger partial charge in [0.2, 0.25) is 0 Å². The lowest BCUT2D eigenvalue weighted by Gasteiger charge is -1.92. The number of hydrogen-bond acceptors (Lipinski definition) is 3. The van der Waals surface area contributed by atoms with Gasteiger partial charge in [0, 0.05) is 6.07 Å². The molecule has 2 aromatic heterocycles. The number of aromatic nitrogens is 3. The predicted molar refractivity (Wildman–Crippen MR) is 69.6 cm³/mol. The van der Waals surface area contributed by atoms with Crippen molar-refractivity contribution in [3.8, 4) is 10.7 Å². The van der Waals surface area contributed by atoms with Crippen LogP contribution in [0.2, 0.25) is 0 Å². The summed E-state index contributed by atoms with van der Waals surface area (Å²) in [5, 5.41) is 0. The van der Waals surface area contributed by atoms with Crippen molar-refractivity contribution in [1.82, 2.24) is 15.0 Å². The molecule has 6 heteroatoms. The van der Waals surface area contributed by atoms with E-state index in [1.807, 2.05) is 6.92 Å². The van der Waals surface area contributed by atoms with Crippen LogP contribution in [0.4, 0.5) is 4.39 Å². The molecule has 0 aliphatic carbocycles. The molecule has 0 amide bonds. The van der Waals surface area contributed by atoms with Crippen molar-refractivity contribution in [2.75, 3.05) is 0 Å². The molecule has 0 fully saturated rings. The SMILES string of the molecule is Cc1ncsc1-c1nc2cc(Br)c(F)cc2[nH]1. The third-order valence-electron chi connectivity index (χ3n) is 2.48. The monoisotopic (exact) mass is 311 g/mol. The normalized spacial score (nSPS) is 11.2. The first-order chi connectivity index (χ1) is 8.15. The van der Waals surface area contributed by atoms with Crippen molar-refractivity contribution in [1.29, 1.82) is 0 Å². The van der Waals surface area contributed by atoms with Gasteiger partial charge in [-0.1, -0.05) is 0 Å². The number of aromatic amines is 1. The fraction of sp³-hybridized carbons (Fsp3) is 0.0909. The fourth-order valence-electron chi connectivity index (χ4n) is 1.64. The van der Waals surface area contributed by atoms with E-state index in [9.17, 15) is 4.39 Å².